The second-order valence-corrected chi connectivity index (χ2v) is 8.32. The summed E-state index contributed by atoms with van der Waals surface area (Å²) < 4.78 is 78.4. The first-order valence-electron chi connectivity index (χ1n) is 10.3. The minimum atomic E-state index is -5.05. The van der Waals surface area contributed by atoms with Crippen LogP contribution in [0.2, 0.25) is 0 Å². The van der Waals surface area contributed by atoms with E-state index in [1.807, 2.05) is 13.8 Å². The van der Waals surface area contributed by atoms with Crippen molar-refractivity contribution in [3.05, 3.63) is 58.7 Å². The fraction of sp³-hybridized carbons (Fsp3) is 0.391. The fourth-order valence-corrected chi connectivity index (χ4v) is 3.56. The molecular weight excluding hydrogens is 450 g/mol. The Bertz CT molecular complexity index is 1030. The van der Waals surface area contributed by atoms with Crippen LogP contribution in [0, 0.1) is 5.92 Å². The monoisotopic (exact) mass is 472 g/mol. The van der Waals surface area contributed by atoms with Crippen molar-refractivity contribution in [3.63, 3.8) is 0 Å². The minimum Gasteiger partial charge on any atom is -0.322 e. The van der Waals surface area contributed by atoms with E-state index in [0.717, 1.165) is 12.0 Å². The van der Waals surface area contributed by atoms with Gasteiger partial charge in [0.25, 0.3) is 5.91 Å². The number of fused-ring (bicyclic) bond motifs is 1. The van der Waals surface area contributed by atoms with E-state index in [1.54, 1.807) is 17.0 Å². The lowest BCUT2D eigenvalue weighted by Crippen LogP contribution is -2.36. The van der Waals surface area contributed by atoms with Gasteiger partial charge in [0.05, 0.1) is 11.1 Å². The summed E-state index contributed by atoms with van der Waals surface area (Å²) in [4.78, 5) is 26.5. The van der Waals surface area contributed by atoms with Gasteiger partial charge in [-0.15, -0.1) is 0 Å². The number of anilines is 2. The zero-order chi connectivity index (χ0) is 24.6. The Kier molecular flexibility index (Phi) is 6.76. The van der Waals surface area contributed by atoms with Gasteiger partial charge in [-0.1, -0.05) is 13.8 Å². The number of carbonyl (C=O) groups excluding carboxylic acids is 2. The summed E-state index contributed by atoms with van der Waals surface area (Å²) >= 11 is 0. The van der Waals surface area contributed by atoms with Crippen molar-refractivity contribution in [1.82, 2.24) is 0 Å². The van der Waals surface area contributed by atoms with Crippen LogP contribution in [0.25, 0.3) is 0 Å². The van der Waals surface area contributed by atoms with Gasteiger partial charge in [0, 0.05) is 29.9 Å². The van der Waals surface area contributed by atoms with Crippen LogP contribution in [0.5, 0.6) is 0 Å². The molecule has 4 nitrogen and oxygen atoms in total. The first-order valence-corrected chi connectivity index (χ1v) is 10.3. The van der Waals surface area contributed by atoms with Gasteiger partial charge < -0.3 is 10.2 Å². The molecule has 0 bridgehead atoms. The van der Waals surface area contributed by atoms with Crippen molar-refractivity contribution in [2.45, 2.75) is 45.5 Å². The molecule has 1 heterocycles. The topological polar surface area (TPSA) is 49.4 Å². The number of nitrogens with one attached hydrogen (secondary N) is 1. The van der Waals surface area contributed by atoms with E-state index in [9.17, 15) is 35.9 Å². The second kappa shape index (κ2) is 9.07. The zero-order valence-electron chi connectivity index (χ0n) is 17.9. The number of nitrogens with zero attached hydrogens (tertiary/aromatic N) is 1. The van der Waals surface area contributed by atoms with E-state index >= 15 is 0 Å². The molecule has 0 saturated heterocycles. The summed E-state index contributed by atoms with van der Waals surface area (Å²) in [7, 11) is 0. The van der Waals surface area contributed by atoms with Crippen LogP contribution in [0.15, 0.2) is 36.4 Å². The predicted molar refractivity (Wildman–Crippen MR) is 111 cm³/mol. The summed E-state index contributed by atoms with van der Waals surface area (Å²) in [5.74, 6) is -0.741. The molecular formula is C23H22F6N2O2. The lowest BCUT2D eigenvalue weighted by atomic mass is 9.99. The Hall–Kier alpha value is -3.04. The Morgan fingerprint density at radius 3 is 2.12 bits per heavy atom. The molecule has 0 fully saturated rings. The number of carbonyl (C=O) groups is 2. The highest BCUT2D eigenvalue weighted by Gasteiger charge is 2.37. The van der Waals surface area contributed by atoms with Gasteiger partial charge in [-0.25, -0.2) is 0 Å². The quantitative estimate of drug-likeness (QED) is 0.519. The maximum atomic E-state index is 13.1. The van der Waals surface area contributed by atoms with Crippen LogP contribution in [0.4, 0.5) is 37.7 Å². The van der Waals surface area contributed by atoms with Gasteiger partial charge in [0.2, 0.25) is 5.91 Å². The summed E-state index contributed by atoms with van der Waals surface area (Å²) in [5.41, 5.74) is -2.23. The van der Waals surface area contributed by atoms with Crippen LogP contribution in [0.3, 0.4) is 0 Å². The normalized spacial score (nSPS) is 14.5. The molecule has 0 atom stereocenters. The Morgan fingerprint density at radius 2 is 1.58 bits per heavy atom. The molecule has 2 aromatic carbocycles. The van der Waals surface area contributed by atoms with E-state index in [2.05, 4.69) is 5.32 Å². The lowest BCUT2D eigenvalue weighted by molar-refractivity contribution is -0.143. The fourth-order valence-electron chi connectivity index (χ4n) is 3.56. The average molecular weight is 472 g/mol. The maximum Gasteiger partial charge on any atom is 0.416 e. The lowest BCUT2D eigenvalue weighted by Gasteiger charge is -2.30. The summed E-state index contributed by atoms with van der Waals surface area (Å²) in [5, 5.41) is 2.36. The van der Waals surface area contributed by atoms with E-state index in [0.29, 0.717) is 36.7 Å². The first-order chi connectivity index (χ1) is 15.3. The molecule has 10 heteroatoms. The largest absolute Gasteiger partial charge is 0.416 e. The van der Waals surface area contributed by atoms with Gasteiger partial charge >= 0.3 is 12.4 Å². The van der Waals surface area contributed by atoms with E-state index in [4.69, 9.17) is 0 Å². The smallest absolute Gasteiger partial charge is 0.322 e. The van der Waals surface area contributed by atoms with Crippen LogP contribution < -0.4 is 10.2 Å². The van der Waals surface area contributed by atoms with Gasteiger partial charge in [-0.3, -0.25) is 9.59 Å². The Balaban J connectivity index is 1.87. The molecule has 3 rings (SSSR count). The molecule has 178 valence electrons. The minimum absolute atomic E-state index is 0.0245. The number of amides is 2. The molecule has 1 N–H and O–H groups in total. The maximum absolute atomic E-state index is 13.1. The van der Waals surface area contributed by atoms with Gasteiger partial charge in [-0.05, 0) is 60.7 Å². The highest BCUT2D eigenvalue weighted by molar-refractivity contribution is 6.05. The van der Waals surface area contributed by atoms with Crippen molar-refractivity contribution in [3.8, 4) is 0 Å². The number of alkyl halides is 6. The van der Waals surface area contributed by atoms with Crippen LogP contribution in [-0.2, 0) is 23.6 Å². The van der Waals surface area contributed by atoms with Crippen molar-refractivity contribution in [2.75, 3.05) is 16.8 Å². The molecule has 2 amide bonds. The molecule has 1 aliphatic rings. The SMILES string of the molecule is CC(C)CCN1C(=O)CCc2cc(NC(=O)c3cc(C(F)(F)F)cc(C(F)(F)F)c3)ccc21. The predicted octanol–water partition coefficient (Wildman–Crippen LogP) is 6.30. The van der Waals surface area contributed by atoms with Crippen LogP contribution >= 0.6 is 0 Å². The molecule has 0 saturated carbocycles. The van der Waals surface area contributed by atoms with Crippen molar-refractivity contribution < 1.29 is 35.9 Å². The highest BCUT2D eigenvalue weighted by Crippen LogP contribution is 2.37. The van der Waals surface area contributed by atoms with Gasteiger partial charge in [0.1, 0.15) is 0 Å². The molecule has 33 heavy (non-hydrogen) atoms. The standard InChI is InChI=1S/C23H22F6N2O2/c1-13(2)7-8-31-19-5-4-18(11-14(19)3-6-20(31)32)30-21(33)15-9-16(22(24,25)26)12-17(10-15)23(27,28)29/h4-5,9-13H,3,6-8H2,1-2H3,(H,30,33). The Labute approximate surface area is 186 Å². The first kappa shape index (κ1) is 24.6. The second-order valence-electron chi connectivity index (χ2n) is 8.32. The zero-order valence-corrected chi connectivity index (χ0v) is 17.9. The van der Waals surface area contributed by atoms with Crippen LogP contribution in [-0.4, -0.2) is 18.4 Å². The number of hydrogen-bond donors (Lipinski definition) is 1. The summed E-state index contributed by atoms with van der Waals surface area (Å²) in [6.07, 6.45) is -8.62. The third kappa shape index (κ3) is 5.85. The number of aryl methyl sites for hydroxylation is 1. The van der Waals surface area contributed by atoms with Gasteiger partial charge in [-0.2, -0.15) is 26.3 Å². The van der Waals surface area contributed by atoms with E-state index in [1.165, 1.54) is 6.07 Å². The van der Waals surface area contributed by atoms with Crippen LogP contribution in [0.1, 0.15) is 53.7 Å². The Morgan fingerprint density at radius 1 is 0.970 bits per heavy atom. The number of rotatable bonds is 5. The summed E-state index contributed by atoms with van der Waals surface area (Å²) in [6.45, 7) is 4.59. The van der Waals surface area contributed by atoms with Gasteiger partial charge in [0.15, 0.2) is 0 Å². The molecule has 0 unspecified atom stereocenters. The molecule has 0 aromatic heterocycles. The van der Waals surface area contributed by atoms with Crippen molar-refractivity contribution in [1.29, 1.82) is 0 Å². The van der Waals surface area contributed by atoms with E-state index < -0.39 is 35.0 Å². The van der Waals surface area contributed by atoms with Crippen molar-refractivity contribution >= 4 is 23.2 Å². The number of halogens is 6. The third-order valence-electron chi connectivity index (χ3n) is 5.32. The van der Waals surface area contributed by atoms with E-state index in [-0.39, 0.29) is 24.1 Å². The summed E-state index contributed by atoms with van der Waals surface area (Å²) in [6, 6.07) is 5.41. The molecule has 0 aliphatic carbocycles. The highest BCUT2D eigenvalue weighted by atomic mass is 19.4. The number of benzene rings is 2. The average Bonchev–Trinajstić information content (AvgIpc) is 2.71. The third-order valence-corrected chi connectivity index (χ3v) is 5.32. The molecule has 0 radical (unpaired) electrons. The number of hydrogen-bond acceptors (Lipinski definition) is 2. The van der Waals surface area contributed by atoms with Crippen molar-refractivity contribution in [2.24, 2.45) is 5.92 Å². The molecule has 0 spiro atoms. The molecule has 1 aliphatic heterocycles. The molecule has 2 aromatic rings.